The first-order chi connectivity index (χ1) is 34.2. The maximum Gasteiger partial charge on any atom is 0.259 e. The van der Waals surface area contributed by atoms with Crippen molar-refractivity contribution in [1.82, 2.24) is 39.5 Å². The Labute approximate surface area is 418 Å². The highest BCUT2D eigenvalue weighted by Crippen LogP contribution is 2.44. The van der Waals surface area contributed by atoms with Gasteiger partial charge in [0.25, 0.3) is 5.91 Å². The molecule has 0 aliphatic heterocycles. The minimum absolute atomic E-state index is 0.0655. The van der Waals surface area contributed by atoms with Crippen LogP contribution < -0.4 is 25.2 Å². The number of nitrogens with one attached hydrogen (secondary N) is 3. The number of phenols is 1. The number of para-hydroxylation sites is 1. The van der Waals surface area contributed by atoms with E-state index < -0.39 is 5.91 Å². The lowest BCUT2D eigenvalue weighted by Gasteiger charge is -2.28. The number of carbonyl (C=O) groups excluding carboxylic acids is 1. The summed E-state index contributed by atoms with van der Waals surface area (Å²) < 4.78 is 5.37. The molecule has 2 aromatic heterocycles. The molecular weight excluding hydrogens is 893 g/mol. The summed E-state index contributed by atoms with van der Waals surface area (Å²) in [6.07, 6.45) is 3.85. The van der Waals surface area contributed by atoms with Gasteiger partial charge in [0.1, 0.15) is 11.4 Å². The largest absolute Gasteiger partial charge is 0.505 e. The molecule has 17 nitrogen and oxygen atoms in total. The number of hydrogen-bond acceptors (Lipinski definition) is 15. The molecule has 0 aliphatic rings. The minimum Gasteiger partial charge on any atom is -0.505 e. The number of methoxy groups -OCH3 is 1. The first-order valence-corrected chi connectivity index (χ1v) is 24.5. The van der Waals surface area contributed by atoms with Gasteiger partial charge in [0, 0.05) is 59.2 Å². The van der Waals surface area contributed by atoms with Gasteiger partial charge in [-0.2, -0.15) is 20.1 Å². The maximum absolute atomic E-state index is 14.0. The van der Waals surface area contributed by atoms with Gasteiger partial charge in [0.05, 0.1) is 23.9 Å². The third kappa shape index (κ3) is 13.7. The van der Waals surface area contributed by atoms with Crippen LogP contribution in [0.5, 0.6) is 11.5 Å². The number of azo groups is 1. The van der Waals surface area contributed by atoms with Crippen LogP contribution in [0.25, 0.3) is 32.6 Å². The molecule has 1 amide bonds. The molecule has 0 saturated heterocycles. The van der Waals surface area contributed by atoms with E-state index in [1.165, 1.54) is 0 Å². The number of rotatable bonds is 25. The lowest BCUT2D eigenvalue weighted by Crippen LogP contribution is -2.34. The Hall–Kier alpha value is -6.92. The van der Waals surface area contributed by atoms with E-state index in [1.807, 2.05) is 67.6 Å². The van der Waals surface area contributed by atoms with E-state index in [2.05, 4.69) is 113 Å². The molecule has 0 bridgehead atoms. The normalized spacial score (nSPS) is 11.9. The smallest absolute Gasteiger partial charge is 0.259 e. The van der Waals surface area contributed by atoms with Gasteiger partial charge in [-0.25, -0.2) is 0 Å². The number of aryl methyl sites for hydroxylation is 1. The van der Waals surface area contributed by atoms with Gasteiger partial charge >= 0.3 is 0 Å². The molecule has 0 radical (unpaired) electrons. The van der Waals surface area contributed by atoms with Crippen molar-refractivity contribution < 1.29 is 14.6 Å². The van der Waals surface area contributed by atoms with E-state index in [9.17, 15) is 9.90 Å². The van der Waals surface area contributed by atoms with E-state index in [0.29, 0.717) is 45.7 Å². The second-order valence-corrected chi connectivity index (χ2v) is 19.2. The highest BCUT2D eigenvalue weighted by Gasteiger charge is 2.23. The topological polar surface area (TPSA) is 169 Å². The van der Waals surface area contributed by atoms with Gasteiger partial charge in [0.2, 0.25) is 17.8 Å². The minimum atomic E-state index is -0.485. The number of ether oxygens (including phenoxy) is 1. The Kier molecular flexibility index (Phi) is 17.7. The van der Waals surface area contributed by atoms with E-state index in [0.717, 1.165) is 111 Å². The number of fused-ring (bicyclic) bond motifs is 5. The number of nitrogens with zero attached hydrogens (tertiary/aromatic N) is 11. The summed E-state index contributed by atoms with van der Waals surface area (Å²) in [5.74, 6) is 1.66. The fraction of sp³-hybridized carbons (Fsp3) is 0.407. The number of benzene rings is 5. The van der Waals surface area contributed by atoms with Crippen LogP contribution in [-0.2, 0) is 0 Å². The summed E-state index contributed by atoms with van der Waals surface area (Å²) in [7, 11) is 18.4. The molecular formula is C54H72N14O3. The van der Waals surface area contributed by atoms with Crippen LogP contribution in [0.3, 0.4) is 0 Å². The van der Waals surface area contributed by atoms with Crippen LogP contribution in [0.15, 0.2) is 95.2 Å². The Morgan fingerprint density at radius 1 is 0.662 bits per heavy atom. The Morgan fingerprint density at radius 2 is 1.24 bits per heavy atom. The predicted molar refractivity (Wildman–Crippen MR) is 291 cm³/mol. The average molecular weight is 965 g/mol. The molecule has 376 valence electrons. The van der Waals surface area contributed by atoms with E-state index in [-0.39, 0.29) is 17.0 Å². The summed E-state index contributed by atoms with van der Waals surface area (Å²) in [5.41, 5.74) is 4.66. The van der Waals surface area contributed by atoms with Gasteiger partial charge < -0.3 is 54.9 Å². The molecule has 0 spiro atoms. The molecule has 2 heterocycles. The molecule has 0 unspecified atom stereocenters. The average Bonchev–Trinajstić information content (AvgIpc) is 3.72. The van der Waals surface area contributed by atoms with Crippen LogP contribution in [0, 0.1) is 6.92 Å². The standard InChI is InChI=1S/C54H72N14O3/c1-37-35-41(71-10)24-26-45(37)57-51(70)44-36-38-19-25-43-42-17-11-12-18-46(42)56-48(43)47(38)49(50(44)69)62-61-40-22-20-39(21-23-40)55-52-58-53(67(31-13-27-63(2)3)32-14-28-64(4)5)60-54(59-52)68(33-15-29-65(6)7)34-16-30-66(8)9/h11-12,17-26,35-36,56,69H,13-16,27-34H2,1-10H3,(H,57,70)(H,55,58,59,60). The van der Waals surface area contributed by atoms with Crippen molar-refractivity contribution in [3.8, 4) is 11.5 Å². The fourth-order valence-corrected chi connectivity index (χ4v) is 8.62. The summed E-state index contributed by atoms with van der Waals surface area (Å²) in [6.45, 7) is 8.92. The number of phenolic OH excluding ortho intramolecular Hbond substituents is 1. The Morgan fingerprint density at radius 3 is 1.79 bits per heavy atom. The van der Waals surface area contributed by atoms with Crippen LogP contribution in [0.2, 0.25) is 0 Å². The van der Waals surface area contributed by atoms with Gasteiger partial charge in [-0.15, -0.1) is 5.11 Å². The van der Waals surface area contributed by atoms with Crippen LogP contribution >= 0.6 is 0 Å². The van der Waals surface area contributed by atoms with Crippen molar-refractivity contribution in [2.45, 2.75) is 32.6 Å². The number of amides is 1. The second-order valence-electron chi connectivity index (χ2n) is 19.2. The molecule has 4 N–H and O–H groups in total. The zero-order valence-electron chi connectivity index (χ0n) is 43.3. The van der Waals surface area contributed by atoms with Gasteiger partial charge in [-0.3, -0.25) is 4.79 Å². The van der Waals surface area contributed by atoms with Gasteiger partial charge in [0.15, 0.2) is 5.75 Å². The maximum atomic E-state index is 14.0. The van der Waals surface area contributed by atoms with Crippen molar-refractivity contribution in [2.24, 2.45) is 10.2 Å². The number of carbonyl (C=O) groups is 1. The lowest BCUT2D eigenvalue weighted by molar-refractivity contribution is 0.102. The van der Waals surface area contributed by atoms with Crippen molar-refractivity contribution in [2.75, 3.05) is 136 Å². The number of aromatic nitrogens is 4. The van der Waals surface area contributed by atoms with Gasteiger partial charge in [-0.1, -0.05) is 30.3 Å². The first kappa shape index (κ1) is 51.9. The number of anilines is 5. The molecule has 0 saturated carbocycles. The zero-order chi connectivity index (χ0) is 50.6. The van der Waals surface area contributed by atoms with Crippen LogP contribution in [0.4, 0.5) is 40.6 Å². The molecule has 7 aromatic rings. The SMILES string of the molecule is COc1ccc(NC(=O)c2cc3ccc4c5ccccc5[nH]c4c3c(N=Nc3ccc(Nc4nc(N(CCCN(C)C)CCCN(C)C)nc(N(CCCN(C)C)CCCN(C)C)n4)cc3)c2O)c(C)c1. The summed E-state index contributed by atoms with van der Waals surface area (Å²) in [6, 6.07) is 26.6. The zero-order valence-corrected chi connectivity index (χ0v) is 43.3. The Bertz CT molecular complexity index is 2840. The number of hydrogen-bond donors (Lipinski definition) is 4. The molecule has 0 fully saturated rings. The first-order valence-electron chi connectivity index (χ1n) is 24.5. The Balaban J connectivity index is 1.23. The number of aromatic amines is 1. The van der Waals surface area contributed by atoms with E-state index >= 15 is 0 Å². The van der Waals surface area contributed by atoms with Crippen LogP contribution in [0.1, 0.15) is 41.6 Å². The fourth-order valence-electron chi connectivity index (χ4n) is 8.62. The monoisotopic (exact) mass is 965 g/mol. The van der Waals surface area contributed by atoms with Crippen molar-refractivity contribution in [3.05, 3.63) is 96.1 Å². The highest BCUT2D eigenvalue weighted by atomic mass is 16.5. The third-order valence-corrected chi connectivity index (χ3v) is 12.4. The quantitative estimate of drug-likeness (QED) is 0.0400. The lowest BCUT2D eigenvalue weighted by atomic mass is 10.00. The second kappa shape index (κ2) is 24.3. The van der Waals surface area contributed by atoms with Crippen molar-refractivity contribution in [3.63, 3.8) is 0 Å². The molecule has 7 rings (SSSR count). The van der Waals surface area contributed by atoms with Crippen LogP contribution in [-0.4, -0.2) is 166 Å². The van der Waals surface area contributed by atoms with E-state index in [4.69, 9.17) is 24.8 Å². The highest BCUT2D eigenvalue weighted by molar-refractivity contribution is 6.22. The summed E-state index contributed by atoms with van der Waals surface area (Å²) in [4.78, 5) is 46.3. The van der Waals surface area contributed by atoms with E-state index in [1.54, 1.807) is 25.3 Å². The molecule has 0 atom stereocenters. The predicted octanol–water partition coefficient (Wildman–Crippen LogP) is 9.51. The summed E-state index contributed by atoms with van der Waals surface area (Å²) >= 11 is 0. The molecule has 5 aromatic carbocycles. The molecule has 0 aliphatic carbocycles. The van der Waals surface area contributed by atoms with Crippen molar-refractivity contribution >= 4 is 79.1 Å². The molecule has 71 heavy (non-hydrogen) atoms. The summed E-state index contributed by atoms with van der Waals surface area (Å²) in [5, 5.41) is 31.2. The molecule has 17 heteroatoms. The van der Waals surface area contributed by atoms with Crippen molar-refractivity contribution in [1.29, 1.82) is 0 Å². The number of aromatic hydroxyl groups is 1. The van der Waals surface area contributed by atoms with Gasteiger partial charge in [-0.05, 0) is 181 Å². The number of H-pyrrole nitrogens is 1. The third-order valence-electron chi connectivity index (χ3n) is 12.4.